The zero-order chi connectivity index (χ0) is 11.1. The zero-order valence-electron chi connectivity index (χ0n) is 8.85. The average molecular weight is 211 g/mol. The SMILES string of the molecule is CC(CO)(CO)CNCc1ccncn1. The molecule has 0 aromatic carbocycles. The van der Waals surface area contributed by atoms with Crippen LogP contribution in [0.15, 0.2) is 18.6 Å². The Bertz CT molecular complexity index is 275. The molecule has 0 fully saturated rings. The number of hydrogen-bond acceptors (Lipinski definition) is 5. The number of hydrogen-bond donors (Lipinski definition) is 3. The van der Waals surface area contributed by atoms with Gasteiger partial charge in [-0.1, -0.05) is 6.92 Å². The minimum Gasteiger partial charge on any atom is -0.396 e. The zero-order valence-corrected chi connectivity index (χ0v) is 8.85. The van der Waals surface area contributed by atoms with E-state index in [0.717, 1.165) is 5.69 Å². The summed E-state index contributed by atoms with van der Waals surface area (Å²) in [4.78, 5) is 7.87. The molecule has 0 bridgehead atoms. The first-order chi connectivity index (χ1) is 7.20. The van der Waals surface area contributed by atoms with Gasteiger partial charge in [0.05, 0.1) is 18.9 Å². The van der Waals surface area contributed by atoms with Gasteiger partial charge in [0, 0.05) is 24.7 Å². The monoisotopic (exact) mass is 211 g/mol. The number of aliphatic hydroxyl groups is 2. The number of rotatable bonds is 6. The molecule has 0 saturated carbocycles. The lowest BCUT2D eigenvalue weighted by molar-refractivity contribution is 0.0694. The van der Waals surface area contributed by atoms with E-state index in [9.17, 15) is 0 Å². The fraction of sp³-hybridized carbons (Fsp3) is 0.600. The summed E-state index contributed by atoms with van der Waals surface area (Å²) in [6, 6.07) is 1.82. The second kappa shape index (κ2) is 5.75. The molecule has 3 N–H and O–H groups in total. The molecule has 0 aliphatic carbocycles. The van der Waals surface area contributed by atoms with Gasteiger partial charge >= 0.3 is 0 Å². The predicted molar refractivity (Wildman–Crippen MR) is 56.0 cm³/mol. The molecular weight excluding hydrogens is 194 g/mol. The van der Waals surface area contributed by atoms with Gasteiger partial charge in [-0.25, -0.2) is 9.97 Å². The van der Waals surface area contributed by atoms with Crippen molar-refractivity contribution in [3.8, 4) is 0 Å². The highest BCUT2D eigenvalue weighted by Crippen LogP contribution is 2.12. The molecule has 1 aromatic heterocycles. The third kappa shape index (κ3) is 3.91. The Kier molecular flexibility index (Phi) is 4.61. The van der Waals surface area contributed by atoms with E-state index in [1.165, 1.54) is 6.33 Å². The molecule has 15 heavy (non-hydrogen) atoms. The van der Waals surface area contributed by atoms with E-state index in [2.05, 4.69) is 15.3 Å². The Morgan fingerprint density at radius 1 is 1.40 bits per heavy atom. The Morgan fingerprint density at radius 3 is 2.67 bits per heavy atom. The topological polar surface area (TPSA) is 78.3 Å². The lowest BCUT2D eigenvalue weighted by Crippen LogP contribution is -2.37. The molecule has 0 amide bonds. The fourth-order valence-electron chi connectivity index (χ4n) is 1.08. The van der Waals surface area contributed by atoms with Crippen LogP contribution in [0.25, 0.3) is 0 Å². The van der Waals surface area contributed by atoms with Crippen molar-refractivity contribution in [1.82, 2.24) is 15.3 Å². The van der Waals surface area contributed by atoms with Crippen LogP contribution in [0.5, 0.6) is 0 Å². The van der Waals surface area contributed by atoms with E-state index in [1.54, 1.807) is 6.20 Å². The normalized spacial score (nSPS) is 11.7. The van der Waals surface area contributed by atoms with Crippen LogP contribution < -0.4 is 5.32 Å². The van der Waals surface area contributed by atoms with Crippen molar-refractivity contribution in [3.05, 3.63) is 24.3 Å². The average Bonchev–Trinajstić information content (AvgIpc) is 2.30. The summed E-state index contributed by atoms with van der Waals surface area (Å²) in [5.74, 6) is 0. The summed E-state index contributed by atoms with van der Waals surface area (Å²) in [5.41, 5.74) is 0.413. The Labute approximate surface area is 89.2 Å². The highest BCUT2D eigenvalue weighted by Gasteiger charge is 2.21. The molecule has 84 valence electrons. The molecular formula is C10H17N3O2. The summed E-state index contributed by atoms with van der Waals surface area (Å²) >= 11 is 0. The Hall–Kier alpha value is -1.04. The van der Waals surface area contributed by atoms with Crippen LogP contribution in [0.2, 0.25) is 0 Å². The van der Waals surface area contributed by atoms with Crippen LogP contribution in [-0.2, 0) is 6.54 Å². The standard InChI is InChI=1S/C10H17N3O2/c1-10(6-14,7-15)5-12-4-9-2-3-11-8-13-9/h2-3,8,12,14-15H,4-7H2,1H3. The van der Waals surface area contributed by atoms with Crippen LogP contribution in [-0.4, -0.2) is 39.9 Å². The van der Waals surface area contributed by atoms with Crippen LogP contribution in [0.3, 0.4) is 0 Å². The van der Waals surface area contributed by atoms with E-state index in [-0.39, 0.29) is 13.2 Å². The summed E-state index contributed by atoms with van der Waals surface area (Å²) in [7, 11) is 0. The third-order valence-electron chi connectivity index (χ3n) is 2.26. The van der Waals surface area contributed by atoms with Crippen molar-refractivity contribution in [3.63, 3.8) is 0 Å². The van der Waals surface area contributed by atoms with Gasteiger partial charge in [0.2, 0.25) is 0 Å². The van der Waals surface area contributed by atoms with Crippen molar-refractivity contribution in [2.75, 3.05) is 19.8 Å². The molecule has 0 radical (unpaired) electrons. The molecule has 1 aromatic rings. The highest BCUT2D eigenvalue weighted by atomic mass is 16.3. The first kappa shape index (κ1) is 12.0. The highest BCUT2D eigenvalue weighted by molar-refractivity contribution is 4.97. The van der Waals surface area contributed by atoms with Crippen molar-refractivity contribution in [1.29, 1.82) is 0 Å². The van der Waals surface area contributed by atoms with Crippen LogP contribution in [0.1, 0.15) is 12.6 Å². The maximum atomic E-state index is 9.06. The number of aromatic nitrogens is 2. The minimum atomic E-state index is -0.479. The molecule has 0 aliphatic rings. The van der Waals surface area contributed by atoms with Crippen LogP contribution in [0, 0.1) is 5.41 Å². The first-order valence-corrected chi connectivity index (χ1v) is 4.87. The summed E-state index contributed by atoms with van der Waals surface area (Å²) in [5, 5.41) is 21.2. The van der Waals surface area contributed by atoms with E-state index in [4.69, 9.17) is 10.2 Å². The van der Waals surface area contributed by atoms with Gasteiger partial charge in [0.25, 0.3) is 0 Å². The van der Waals surface area contributed by atoms with Gasteiger partial charge in [0.1, 0.15) is 6.33 Å². The number of aliphatic hydroxyl groups excluding tert-OH is 2. The van der Waals surface area contributed by atoms with E-state index in [1.807, 2.05) is 13.0 Å². The molecule has 0 saturated heterocycles. The second-order valence-corrected chi connectivity index (χ2v) is 3.93. The van der Waals surface area contributed by atoms with Crippen LogP contribution >= 0.6 is 0 Å². The van der Waals surface area contributed by atoms with E-state index >= 15 is 0 Å². The van der Waals surface area contributed by atoms with Gasteiger partial charge in [-0.05, 0) is 6.07 Å². The van der Waals surface area contributed by atoms with Gasteiger partial charge in [-0.2, -0.15) is 0 Å². The molecule has 0 unspecified atom stereocenters. The van der Waals surface area contributed by atoms with Crippen molar-refractivity contribution >= 4 is 0 Å². The molecule has 5 heteroatoms. The van der Waals surface area contributed by atoms with Crippen LogP contribution in [0.4, 0.5) is 0 Å². The maximum absolute atomic E-state index is 9.06. The largest absolute Gasteiger partial charge is 0.396 e. The van der Waals surface area contributed by atoms with Gasteiger partial charge in [-0.3, -0.25) is 0 Å². The lowest BCUT2D eigenvalue weighted by Gasteiger charge is -2.24. The molecule has 0 atom stereocenters. The smallest absolute Gasteiger partial charge is 0.115 e. The van der Waals surface area contributed by atoms with Crippen molar-refractivity contribution in [2.45, 2.75) is 13.5 Å². The van der Waals surface area contributed by atoms with Crippen molar-refractivity contribution < 1.29 is 10.2 Å². The van der Waals surface area contributed by atoms with E-state index in [0.29, 0.717) is 13.1 Å². The molecule has 0 aliphatic heterocycles. The quantitative estimate of drug-likeness (QED) is 0.594. The second-order valence-electron chi connectivity index (χ2n) is 3.93. The summed E-state index contributed by atoms with van der Waals surface area (Å²) in [6.07, 6.45) is 3.18. The Morgan fingerprint density at radius 2 is 2.13 bits per heavy atom. The maximum Gasteiger partial charge on any atom is 0.115 e. The third-order valence-corrected chi connectivity index (χ3v) is 2.26. The number of nitrogens with zero attached hydrogens (tertiary/aromatic N) is 2. The van der Waals surface area contributed by atoms with Gasteiger partial charge < -0.3 is 15.5 Å². The predicted octanol–water partition coefficient (Wildman–Crippen LogP) is -0.443. The molecule has 5 nitrogen and oxygen atoms in total. The Balaban J connectivity index is 2.33. The lowest BCUT2D eigenvalue weighted by atomic mass is 9.93. The molecule has 0 spiro atoms. The number of nitrogens with one attached hydrogen (secondary N) is 1. The van der Waals surface area contributed by atoms with Gasteiger partial charge in [0.15, 0.2) is 0 Å². The van der Waals surface area contributed by atoms with Crippen molar-refractivity contribution in [2.24, 2.45) is 5.41 Å². The fourth-order valence-corrected chi connectivity index (χ4v) is 1.08. The molecule has 1 heterocycles. The molecule has 1 rings (SSSR count). The first-order valence-electron chi connectivity index (χ1n) is 4.87. The minimum absolute atomic E-state index is 0.0414. The summed E-state index contributed by atoms with van der Waals surface area (Å²) < 4.78 is 0. The van der Waals surface area contributed by atoms with Gasteiger partial charge in [-0.15, -0.1) is 0 Å². The summed E-state index contributed by atoms with van der Waals surface area (Å²) in [6.45, 7) is 2.89. The van der Waals surface area contributed by atoms with E-state index < -0.39 is 5.41 Å².